The third-order valence-electron chi connectivity index (χ3n) is 2.21. The molecule has 0 saturated heterocycles. The van der Waals surface area contributed by atoms with E-state index in [-0.39, 0.29) is 11.8 Å². The summed E-state index contributed by atoms with van der Waals surface area (Å²) in [6.07, 6.45) is 2.60. The van der Waals surface area contributed by atoms with Crippen molar-refractivity contribution in [2.75, 3.05) is 18.6 Å². The Hall–Kier alpha value is -0.950. The van der Waals surface area contributed by atoms with Gasteiger partial charge in [-0.05, 0) is 6.92 Å². The Labute approximate surface area is 102 Å². The van der Waals surface area contributed by atoms with E-state index in [9.17, 15) is 8.42 Å². The SMILES string of the molecule is CCc1noc(CCN[C@H](C)CS(C)(=O)=O)n1. The van der Waals surface area contributed by atoms with E-state index in [1.54, 1.807) is 0 Å². The molecule has 1 heterocycles. The van der Waals surface area contributed by atoms with Gasteiger partial charge in [-0.1, -0.05) is 12.1 Å². The van der Waals surface area contributed by atoms with Gasteiger partial charge in [-0.25, -0.2) is 8.42 Å². The molecule has 0 bridgehead atoms. The summed E-state index contributed by atoms with van der Waals surface area (Å²) in [6, 6.07) is -0.0708. The third-order valence-corrected chi connectivity index (χ3v) is 3.32. The minimum Gasteiger partial charge on any atom is -0.339 e. The van der Waals surface area contributed by atoms with Crippen molar-refractivity contribution in [3.05, 3.63) is 11.7 Å². The van der Waals surface area contributed by atoms with Crippen LogP contribution in [-0.2, 0) is 22.7 Å². The first-order chi connectivity index (χ1) is 7.90. The molecule has 0 amide bonds. The highest BCUT2D eigenvalue weighted by Crippen LogP contribution is 1.98. The molecule has 0 fully saturated rings. The minimum absolute atomic E-state index is 0.0708. The molecule has 0 aliphatic rings. The number of hydrogen-bond donors (Lipinski definition) is 1. The number of aryl methyl sites for hydroxylation is 1. The van der Waals surface area contributed by atoms with E-state index in [0.717, 1.165) is 6.42 Å². The van der Waals surface area contributed by atoms with E-state index in [1.165, 1.54) is 6.26 Å². The smallest absolute Gasteiger partial charge is 0.227 e. The van der Waals surface area contributed by atoms with Crippen molar-refractivity contribution in [1.82, 2.24) is 15.5 Å². The molecule has 0 aliphatic heterocycles. The molecule has 1 rings (SSSR count). The number of rotatable bonds is 7. The zero-order valence-corrected chi connectivity index (χ0v) is 11.2. The molecule has 6 nitrogen and oxygen atoms in total. The monoisotopic (exact) mass is 261 g/mol. The first kappa shape index (κ1) is 14.1. The number of nitrogens with one attached hydrogen (secondary N) is 1. The maximum Gasteiger partial charge on any atom is 0.227 e. The maximum absolute atomic E-state index is 11.0. The lowest BCUT2D eigenvalue weighted by Crippen LogP contribution is -2.34. The van der Waals surface area contributed by atoms with Crippen molar-refractivity contribution in [2.45, 2.75) is 32.7 Å². The predicted molar refractivity (Wildman–Crippen MR) is 64.6 cm³/mol. The predicted octanol–water partition coefficient (Wildman–Crippen LogP) is 0.197. The number of sulfone groups is 1. The van der Waals surface area contributed by atoms with Crippen molar-refractivity contribution in [1.29, 1.82) is 0 Å². The van der Waals surface area contributed by atoms with Crippen LogP contribution < -0.4 is 5.32 Å². The average Bonchev–Trinajstić information content (AvgIpc) is 2.63. The first-order valence-corrected chi connectivity index (χ1v) is 7.69. The third kappa shape index (κ3) is 5.78. The first-order valence-electron chi connectivity index (χ1n) is 5.63. The molecule has 7 heteroatoms. The second kappa shape index (κ2) is 6.11. The van der Waals surface area contributed by atoms with Crippen molar-refractivity contribution < 1.29 is 12.9 Å². The van der Waals surface area contributed by atoms with Crippen LogP contribution >= 0.6 is 0 Å². The highest BCUT2D eigenvalue weighted by Gasteiger charge is 2.10. The van der Waals surface area contributed by atoms with E-state index >= 15 is 0 Å². The van der Waals surface area contributed by atoms with Gasteiger partial charge in [0.2, 0.25) is 5.89 Å². The summed E-state index contributed by atoms with van der Waals surface area (Å²) < 4.78 is 27.1. The van der Waals surface area contributed by atoms with Gasteiger partial charge in [0, 0.05) is 31.7 Å². The maximum atomic E-state index is 11.0. The van der Waals surface area contributed by atoms with Crippen molar-refractivity contribution >= 4 is 9.84 Å². The molecule has 0 aliphatic carbocycles. The molecule has 1 aromatic heterocycles. The molecule has 17 heavy (non-hydrogen) atoms. The zero-order chi connectivity index (χ0) is 12.9. The summed E-state index contributed by atoms with van der Waals surface area (Å²) in [4.78, 5) is 4.16. The van der Waals surface area contributed by atoms with Gasteiger partial charge in [-0.3, -0.25) is 0 Å². The lowest BCUT2D eigenvalue weighted by molar-refractivity contribution is 0.369. The van der Waals surface area contributed by atoms with Crippen LogP contribution in [0.5, 0.6) is 0 Å². The Morgan fingerprint density at radius 1 is 1.47 bits per heavy atom. The quantitative estimate of drug-likeness (QED) is 0.754. The minimum atomic E-state index is -2.93. The molecule has 98 valence electrons. The highest BCUT2D eigenvalue weighted by atomic mass is 32.2. The Bertz CT molecular complexity index is 441. The van der Waals surface area contributed by atoms with Crippen LogP contribution in [0, 0.1) is 0 Å². The Morgan fingerprint density at radius 3 is 2.71 bits per heavy atom. The van der Waals surface area contributed by atoms with Crippen LogP contribution in [0.1, 0.15) is 25.6 Å². The summed E-state index contributed by atoms with van der Waals surface area (Å²) >= 11 is 0. The average molecular weight is 261 g/mol. The molecule has 0 radical (unpaired) electrons. The fourth-order valence-corrected chi connectivity index (χ4v) is 2.50. The van der Waals surface area contributed by atoms with E-state index < -0.39 is 9.84 Å². The molecular formula is C10H19N3O3S. The molecule has 0 spiro atoms. The largest absolute Gasteiger partial charge is 0.339 e. The zero-order valence-electron chi connectivity index (χ0n) is 10.4. The number of hydrogen-bond acceptors (Lipinski definition) is 6. The lowest BCUT2D eigenvalue weighted by Gasteiger charge is -2.11. The number of nitrogens with zero attached hydrogens (tertiary/aromatic N) is 2. The molecule has 0 aromatic carbocycles. The van der Waals surface area contributed by atoms with Crippen LogP contribution in [0.15, 0.2) is 4.52 Å². The van der Waals surface area contributed by atoms with Crippen molar-refractivity contribution in [3.8, 4) is 0 Å². The van der Waals surface area contributed by atoms with Gasteiger partial charge >= 0.3 is 0 Å². The Morgan fingerprint density at radius 2 is 2.18 bits per heavy atom. The molecular weight excluding hydrogens is 242 g/mol. The molecule has 1 N–H and O–H groups in total. The topological polar surface area (TPSA) is 85.1 Å². The normalized spacial score (nSPS) is 13.8. The van der Waals surface area contributed by atoms with Gasteiger partial charge in [0.15, 0.2) is 5.82 Å². The molecule has 0 unspecified atom stereocenters. The van der Waals surface area contributed by atoms with Gasteiger partial charge in [0.25, 0.3) is 0 Å². The van der Waals surface area contributed by atoms with Crippen LogP contribution in [-0.4, -0.2) is 43.2 Å². The fourth-order valence-electron chi connectivity index (χ4n) is 1.47. The summed E-state index contributed by atoms with van der Waals surface area (Å²) in [5, 5.41) is 6.89. The summed E-state index contributed by atoms with van der Waals surface area (Å²) in [6.45, 7) is 4.43. The molecule has 1 aromatic rings. The summed E-state index contributed by atoms with van der Waals surface area (Å²) in [5.74, 6) is 1.42. The lowest BCUT2D eigenvalue weighted by atomic mass is 10.3. The summed E-state index contributed by atoms with van der Waals surface area (Å²) in [7, 11) is -2.93. The van der Waals surface area contributed by atoms with Crippen molar-refractivity contribution in [2.24, 2.45) is 0 Å². The van der Waals surface area contributed by atoms with Gasteiger partial charge in [-0.15, -0.1) is 0 Å². The number of aromatic nitrogens is 2. The molecule has 0 saturated carbocycles. The van der Waals surface area contributed by atoms with Crippen LogP contribution in [0.2, 0.25) is 0 Å². The van der Waals surface area contributed by atoms with Gasteiger partial charge in [0.1, 0.15) is 9.84 Å². The second-order valence-electron chi connectivity index (χ2n) is 4.16. The van der Waals surface area contributed by atoms with Crippen LogP contribution in [0.25, 0.3) is 0 Å². The van der Waals surface area contributed by atoms with E-state index in [0.29, 0.717) is 24.7 Å². The summed E-state index contributed by atoms with van der Waals surface area (Å²) in [5.41, 5.74) is 0. The Balaban J connectivity index is 2.28. The standard InChI is InChI=1S/C10H19N3O3S/c1-4-9-12-10(16-13-9)5-6-11-8(2)7-17(3,14)15/h8,11H,4-7H2,1-3H3/t8-/m1/s1. The second-order valence-corrected chi connectivity index (χ2v) is 6.34. The van der Waals surface area contributed by atoms with Gasteiger partial charge < -0.3 is 9.84 Å². The van der Waals surface area contributed by atoms with E-state index in [4.69, 9.17) is 4.52 Å². The van der Waals surface area contributed by atoms with Crippen LogP contribution in [0.4, 0.5) is 0 Å². The van der Waals surface area contributed by atoms with E-state index in [1.807, 2.05) is 13.8 Å². The van der Waals surface area contributed by atoms with Crippen LogP contribution in [0.3, 0.4) is 0 Å². The van der Waals surface area contributed by atoms with E-state index in [2.05, 4.69) is 15.5 Å². The van der Waals surface area contributed by atoms with Gasteiger partial charge in [0.05, 0.1) is 5.75 Å². The fraction of sp³-hybridized carbons (Fsp3) is 0.800. The highest BCUT2D eigenvalue weighted by molar-refractivity contribution is 7.90. The molecule has 1 atom stereocenters. The van der Waals surface area contributed by atoms with Gasteiger partial charge in [-0.2, -0.15) is 4.98 Å². The van der Waals surface area contributed by atoms with Crippen molar-refractivity contribution in [3.63, 3.8) is 0 Å². The Kier molecular flexibility index (Phi) is 5.07.